The summed E-state index contributed by atoms with van der Waals surface area (Å²) in [7, 11) is 2.08. The lowest BCUT2D eigenvalue weighted by Gasteiger charge is -2.36. The number of nitrogens with zero attached hydrogens (tertiary/aromatic N) is 1. The van der Waals surface area contributed by atoms with Crippen molar-refractivity contribution in [3.63, 3.8) is 0 Å². The molecule has 1 N–H and O–H groups in total. The molecule has 2 heteroatoms. The molecular weight excluding hydrogens is 234 g/mol. The highest BCUT2D eigenvalue weighted by Gasteiger charge is 2.23. The van der Waals surface area contributed by atoms with Crippen molar-refractivity contribution in [2.75, 3.05) is 13.6 Å². The second kappa shape index (κ2) is 7.06. The quantitative estimate of drug-likeness (QED) is 0.809. The molecule has 1 aromatic rings. The molecule has 1 unspecified atom stereocenters. The zero-order valence-corrected chi connectivity index (χ0v) is 13.1. The standard InChI is InChI=1S/C17H29NO/c1-6-8-14-9-11-15(12-10-14)16(19)13-18(5)17(3,4)7-2/h9-12,16,19H,6-8,13H2,1-5H3. The van der Waals surface area contributed by atoms with Crippen molar-refractivity contribution in [3.8, 4) is 0 Å². The fourth-order valence-corrected chi connectivity index (χ4v) is 2.08. The van der Waals surface area contributed by atoms with Crippen LogP contribution in [0.15, 0.2) is 24.3 Å². The first-order chi connectivity index (χ1) is 8.90. The number of β-amino-alcohol motifs (C(OH)–C–C–N with tert-alkyl or cyclic N) is 1. The van der Waals surface area contributed by atoms with Crippen LogP contribution in [0.1, 0.15) is 57.8 Å². The Balaban J connectivity index is 2.65. The largest absolute Gasteiger partial charge is 0.387 e. The lowest BCUT2D eigenvalue weighted by atomic mass is 9.98. The molecular formula is C17H29NO. The summed E-state index contributed by atoms with van der Waals surface area (Å²) in [6.45, 7) is 9.47. The van der Waals surface area contributed by atoms with Gasteiger partial charge in [0.05, 0.1) is 6.10 Å². The molecule has 108 valence electrons. The van der Waals surface area contributed by atoms with Gasteiger partial charge in [0.2, 0.25) is 0 Å². The van der Waals surface area contributed by atoms with Crippen molar-refractivity contribution >= 4 is 0 Å². The number of aliphatic hydroxyl groups excluding tert-OH is 1. The molecule has 0 bridgehead atoms. The highest BCUT2D eigenvalue weighted by atomic mass is 16.3. The van der Waals surface area contributed by atoms with Crippen molar-refractivity contribution in [1.29, 1.82) is 0 Å². The maximum absolute atomic E-state index is 10.3. The van der Waals surface area contributed by atoms with Crippen LogP contribution >= 0.6 is 0 Å². The molecule has 1 rings (SSSR count). The van der Waals surface area contributed by atoms with Gasteiger partial charge in [0, 0.05) is 12.1 Å². The van der Waals surface area contributed by atoms with E-state index in [1.165, 1.54) is 5.56 Å². The summed E-state index contributed by atoms with van der Waals surface area (Å²) in [6.07, 6.45) is 2.94. The van der Waals surface area contributed by atoms with Crippen molar-refractivity contribution in [3.05, 3.63) is 35.4 Å². The normalized spacial score (nSPS) is 13.8. The highest BCUT2D eigenvalue weighted by molar-refractivity contribution is 5.24. The van der Waals surface area contributed by atoms with Crippen molar-refractivity contribution in [2.45, 2.75) is 58.6 Å². The van der Waals surface area contributed by atoms with Crippen molar-refractivity contribution in [1.82, 2.24) is 4.90 Å². The maximum Gasteiger partial charge on any atom is 0.0917 e. The molecule has 1 atom stereocenters. The Morgan fingerprint density at radius 1 is 1.16 bits per heavy atom. The van der Waals surface area contributed by atoms with Crippen LogP contribution in [0.4, 0.5) is 0 Å². The fraction of sp³-hybridized carbons (Fsp3) is 0.647. The van der Waals surface area contributed by atoms with E-state index in [1.54, 1.807) is 0 Å². The van der Waals surface area contributed by atoms with Crippen LogP contribution in [0.5, 0.6) is 0 Å². The molecule has 19 heavy (non-hydrogen) atoms. The van der Waals surface area contributed by atoms with Gasteiger partial charge in [0.15, 0.2) is 0 Å². The van der Waals surface area contributed by atoms with Gasteiger partial charge in [-0.05, 0) is 44.9 Å². The van der Waals surface area contributed by atoms with E-state index >= 15 is 0 Å². The lowest BCUT2D eigenvalue weighted by Crippen LogP contribution is -2.42. The summed E-state index contributed by atoms with van der Waals surface area (Å²) in [4.78, 5) is 2.23. The van der Waals surface area contributed by atoms with Gasteiger partial charge in [0.1, 0.15) is 0 Å². The molecule has 0 spiro atoms. The Bertz CT molecular complexity index is 369. The van der Waals surface area contributed by atoms with Gasteiger partial charge in [0.25, 0.3) is 0 Å². The number of hydrogen-bond acceptors (Lipinski definition) is 2. The molecule has 0 aliphatic heterocycles. The molecule has 1 aromatic carbocycles. The number of hydrogen-bond donors (Lipinski definition) is 1. The van der Waals surface area contributed by atoms with Crippen LogP contribution in [0.2, 0.25) is 0 Å². The molecule has 0 radical (unpaired) electrons. The molecule has 0 saturated heterocycles. The Hall–Kier alpha value is -0.860. The van der Waals surface area contributed by atoms with Crippen LogP contribution < -0.4 is 0 Å². The third-order valence-electron chi connectivity index (χ3n) is 4.25. The van der Waals surface area contributed by atoms with E-state index in [9.17, 15) is 5.11 Å². The SMILES string of the molecule is CCCc1ccc(C(O)CN(C)C(C)(C)CC)cc1. The average molecular weight is 263 g/mol. The Morgan fingerprint density at radius 3 is 2.21 bits per heavy atom. The number of aliphatic hydroxyl groups is 1. The molecule has 0 saturated carbocycles. The lowest BCUT2D eigenvalue weighted by molar-refractivity contribution is 0.0686. The smallest absolute Gasteiger partial charge is 0.0917 e. The van der Waals surface area contributed by atoms with Crippen LogP contribution in [-0.4, -0.2) is 29.1 Å². The topological polar surface area (TPSA) is 23.5 Å². The van der Waals surface area contributed by atoms with Gasteiger partial charge in [-0.15, -0.1) is 0 Å². The van der Waals surface area contributed by atoms with E-state index in [1.807, 2.05) is 0 Å². The first kappa shape index (κ1) is 16.2. The predicted molar refractivity (Wildman–Crippen MR) is 82.4 cm³/mol. The number of likely N-dealkylation sites (N-methyl/N-ethyl adjacent to an activating group) is 1. The molecule has 0 aliphatic rings. The Labute approximate surface area is 118 Å². The van der Waals surface area contributed by atoms with E-state index in [0.29, 0.717) is 6.54 Å². The zero-order chi connectivity index (χ0) is 14.5. The van der Waals surface area contributed by atoms with E-state index in [2.05, 4.69) is 63.9 Å². The maximum atomic E-state index is 10.3. The van der Waals surface area contributed by atoms with Crippen LogP contribution in [0.3, 0.4) is 0 Å². The predicted octanol–water partition coefficient (Wildman–Crippen LogP) is 3.79. The van der Waals surface area contributed by atoms with E-state index in [4.69, 9.17) is 0 Å². The minimum atomic E-state index is -0.411. The van der Waals surface area contributed by atoms with E-state index in [0.717, 1.165) is 24.8 Å². The highest BCUT2D eigenvalue weighted by Crippen LogP contribution is 2.21. The third kappa shape index (κ3) is 4.63. The summed E-state index contributed by atoms with van der Waals surface area (Å²) in [5.41, 5.74) is 2.49. The number of rotatable bonds is 7. The van der Waals surface area contributed by atoms with Crippen molar-refractivity contribution in [2.24, 2.45) is 0 Å². The fourth-order valence-electron chi connectivity index (χ4n) is 2.08. The number of benzene rings is 1. The summed E-state index contributed by atoms with van der Waals surface area (Å²) < 4.78 is 0. The van der Waals surface area contributed by atoms with Gasteiger partial charge >= 0.3 is 0 Å². The van der Waals surface area contributed by atoms with E-state index < -0.39 is 6.10 Å². The first-order valence-corrected chi connectivity index (χ1v) is 7.38. The van der Waals surface area contributed by atoms with Gasteiger partial charge in [-0.1, -0.05) is 44.5 Å². The average Bonchev–Trinajstić information content (AvgIpc) is 2.39. The van der Waals surface area contributed by atoms with E-state index in [-0.39, 0.29) is 5.54 Å². The first-order valence-electron chi connectivity index (χ1n) is 7.38. The second-order valence-electron chi connectivity index (χ2n) is 6.05. The molecule has 0 fully saturated rings. The second-order valence-corrected chi connectivity index (χ2v) is 6.05. The zero-order valence-electron chi connectivity index (χ0n) is 13.1. The van der Waals surface area contributed by atoms with Crippen LogP contribution in [-0.2, 0) is 6.42 Å². The van der Waals surface area contributed by atoms with Gasteiger partial charge in [-0.2, -0.15) is 0 Å². The molecule has 0 amide bonds. The number of aryl methyl sites for hydroxylation is 1. The van der Waals surface area contributed by atoms with Gasteiger partial charge in [-0.25, -0.2) is 0 Å². The molecule has 0 heterocycles. The Kier molecular flexibility index (Phi) is 6.02. The minimum absolute atomic E-state index is 0.128. The van der Waals surface area contributed by atoms with Crippen molar-refractivity contribution < 1.29 is 5.11 Å². The third-order valence-corrected chi connectivity index (χ3v) is 4.25. The summed E-state index contributed by atoms with van der Waals surface area (Å²) >= 11 is 0. The molecule has 0 aromatic heterocycles. The summed E-state index contributed by atoms with van der Waals surface area (Å²) in [6, 6.07) is 8.38. The van der Waals surface area contributed by atoms with Gasteiger partial charge in [-0.3, -0.25) is 4.90 Å². The summed E-state index contributed by atoms with van der Waals surface area (Å²) in [5.74, 6) is 0. The van der Waals surface area contributed by atoms with Crippen LogP contribution in [0, 0.1) is 0 Å². The van der Waals surface area contributed by atoms with Crippen LogP contribution in [0.25, 0.3) is 0 Å². The monoisotopic (exact) mass is 263 g/mol. The summed E-state index contributed by atoms with van der Waals surface area (Å²) in [5, 5.41) is 10.3. The molecule has 2 nitrogen and oxygen atoms in total. The Morgan fingerprint density at radius 2 is 1.74 bits per heavy atom. The molecule has 0 aliphatic carbocycles. The van der Waals surface area contributed by atoms with Gasteiger partial charge < -0.3 is 5.11 Å². The minimum Gasteiger partial charge on any atom is -0.387 e.